The number of hydrogen-bond acceptors (Lipinski definition) is 0. The van der Waals surface area contributed by atoms with Gasteiger partial charge in [0.05, 0.1) is 0 Å². The molecule has 2 heteroatoms. The molecule has 2 saturated carbocycles. The molecule has 0 amide bonds. The number of allylic oxidation sites excluding steroid dienone is 1. The third kappa shape index (κ3) is 3.38. The van der Waals surface area contributed by atoms with Crippen LogP contribution in [0.5, 0.6) is 0 Å². The first kappa shape index (κ1) is 18.5. The molecule has 1 aromatic rings. The van der Waals surface area contributed by atoms with E-state index in [1.165, 1.54) is 64.2 Å². The van der Waals surface area contributed by atoms with Crippen molar-refractivity contribution in [1.29, 1.82) is 0 Å². The Balaban J connectivity index is 1.79. The summed E-state index contributed by atoms with van der Waals surface area (Å²) in [7, 11) is -0.0104. The van der Waals surface area contributed by atoms with Gasteiger partial charge in [0.15, 0.2) is 0 Å². The lowest BCUT2D eigenvalue weighted by Gasteiger charge is -2.40. The molecule has 0 N–H and O–H groups in total. The van der Waals surface area contributed by atoms with Crippen LogP contribution in [-0.4, -0.2) is 11.3 Å². The van der Waals surface area contributed by atoms with E-state index in [1.54, 1.807) is 14.7 Å². The van der Waals surface area contributed by atoms with Crippen molar-refractivity contribution < 1.29 is 0 Å². The van der Waals surface area contributed by atoms with Crippen LogP contribution in [0.3, 0.4) is 0 Å². The van der Waals surface area contributed by atoms with Crippen LogP contribution >= 0.6 is 30.5 Å². The van der Waals surface area contributed by atoms with Crippen molar-refractivity contribution in [2.75, 3.05) is 0 Å². The molecule has 3 aliphatic carbocycles. The number of rotatable bonds is 3. The molecule has 0 saturated heterocycles. The van der Waals surface area contributed by atoms with Crippen molar-refractivity contribution in [2.24, 2.45) is 0 Å². The Morgan fingerprint density at radius 1 is 0.840 bits per heavy atom. The lowest BCUT2D eigenvalue weighted by molar-refractivity contribution is 0.487. The average molecular weight is 466 g/mol. The van der Waals surface area contributed by atoms with Crippen LogP contribution in [0, 0.1) is 0 Å². The molecule has 1 aromatic carbocycles. The van der Waals surface area contributed by atoms with Crippen LogP contribution in [0.15, 0.2) is 27.8 Å². The molecule has 0 heterocycles. The Labute approximate surface area is 169 Å². The highest BCUT2D eigenvalue weighted by Crippen LogP contribution is 2.69. The normalized spacial score (nSPS) is 24.8. The largest absolute Gasteiger partial charge is 0.0675 e. The summed E-state index contributed by atoms with van der Waals surface area (Å²) in [5.74, 6) is 0. The molecular formula is C23H32IP. The molecule has 25 heavy (non-hydrogen) atoms. The van der Waals surface area contributed by atoms with E-state index >= 15 is 0 Å². The van der Waals surface area contributed by atoms with Gasteiger partial charge in [0.25, 0.3) is 0 Å². The molecule has 0 aromatic heterocycles. The lowest BCUT2D eigenvalue weighted by Crippen LogP contribution is -2.21. The maximum Gasteiger partial charge on any atom is 0.0217 e. The Morgan fingerprint density at radius 3 is 1.92 bits per heavy atom. The molecule has 2 fully saturated rings. The van der Waals surface area contributed by atoms with Crippen molar-refractivity contribution in [1.82, 2.24) is 0 Å². The predicted molar refractivity (Wildman–Crippen MR) is 121 cm³/mol. The molecule has 3 aliphatic rings. The molecule has 0 spiro atoms. The highest BCUT2D eigenvalue weighted by molar-refractivity contribution is 14.1. The van der Waals surface area contributed by atoms with E-state index in [-0.39, 0.29) is 13.3 Å². The second kappa shape index (κ2) is 7.63. The second-order valence-electron chi connectivity index (χ2n) is 8.82. The van der Waals surface area contributed by atoms with Gasteiger partial charge in [-0.3, -0.25) is 0 Å². The minimum atomic E-state index is -0.0104. The van der Waals surface area contributed by atoms with Gasteiger partial charge in [-0.25, -0.2) is 0 Å². The summed E-state index contributed by atoms with van der Waals surface area (Å²) in [6.45, 7) is 4.91. The highest BCUT2D eigenvalue weighted by atomic mass is 127. The van der Waals surface area contributed by atoms with Crippen LogP contribution in [0.4, 0.5) is 0 Å². The third-order valence-corrected chi connectivity index (χ3v) is 12.7. The minimum Gasteiger partial charge on any atom is -0.0675 e. The zero-order valence-electron chi connectivity index (χ0n) is 15.9. The van der Waals surface area contributed by atoms with Crippen molar-refractivity contribution in [2.45, 2.75) is 94.8 Å². The smallest absolute Gasteiger partial charge is 0.0217 e. The van der Waals surface area contributed by atoms with E-state index < -0.39 is 0 Å². The first-order chi connectivity index (χ1) is 12.1. The molecule has 0 unspecified atom stereocenters. The summed E-state index contributed by atoms with van der Waals surface area (Å²) in [5.41, 5.74) is 5.42. The van der Waals surface area contributed by atoms with Crippen LogP contribution < -0.4 is 0 Å². The highest BCUT2D eigenvalue weighted by Gasteiger charge is 2.43. The van der Waals surface area contributed by atoms with Gasteiger partial charge >= 0.3 is 0 Å². The van der Waals surface area contributed by atoms with Crippen LogP contribution in [0.2, 0.25) is 0 Å². The van der Waals surface area contributed by atoms with Crippen molar-refractivity contribution in [3.05, 3.63) is 39.0 Å². The number of fused-ring (bicyclic) bond motifs is 1. The zero-order chi connectivity index (χ0) is 17.4. The summed E-state index contributed by atoms with van der Waals surface area (Å²) in [6.07, 6.45) is 14.9. The molecule has 4 rings (SSSR count). The van der Waals surface area contributed by atoms with Gasteiger partial charge in [-0.15, -0.1) is 0 Å². The molecule has 136 valence electrons. The minimum absolute atomic E-state index is 0.0104. The maximum atomic E-state index is 2.74. The van der Waals surface area contributed by atoms with E-state index in [2.05, 4.69) is 60.7 Å². The monoisotopic (exact) mass is 466 g/mol. The SMILES string of the molecule is CC1(C)C(I)=C(P(C2CCCCC2)C2CCCCC2)c2ccccc21. The molecule has 0 radical (unpaired) electrons. The fourth-order valence-corrected chi connectivity index (χ4v) is 11.0. The predicted octanol–water partition coefficient (Wildman–Crippen LogP) is 8.23. The number of hydrogen-bond donors (Lipinski definition) is 0. The van der Waals surface area contributed by atoms with E-state index in [4.69, 9.17) is 0 Å². The van der Waals surface area contributed by atoms with Gasteiger partial charge in [-0.1, -0.05) is 84.6 Å². The quantitative estimate of drug-likeness (QED) is 0.311. The van der Waals surface area contributed by atoms with Gasteiger partial charge in [-0.05, 0) is 76.0 Å². The average Bonchev–Trinajstić information content (AvgIpc) is 2.85. The molecular weight excluding hydrogens is 434 g/mol. The second-order valence-corrected chi connectivity index (χ2v) is 12.6. The van der Waals surface area contributed by atoms with Crippen LogP contribution in [0.1, 0.15) is 89.2 Å². The maximum absolute atomic E-state index is 2.74. The lowest BCUT2D eigenvalue weighted by atomic mass is 9.87. The van der Waals surface area contributed by atoms with Crippen molar-refractivity contribution in [3.63, 3.8) is 0 Å². The summed E-state index contributed by atoms with van der Waals surface area (Å²) in [5, 5.41) is 1.83. The Bertz CT molecular complexity index is 630. The molecule has 0 aliphatic heterocycles. The molecule has 0 bridgehead atoms. The summed E-state index contributed by atoms with van der Waals surface area (Å²) in [4.78, 5) is 0. The van der Waals surface area contributed by atoms with E-state index in [9.17, 15) is 0 Å². The number of benzene rings is 1. The van der Waals surface area contributed by atoms with E-state index in [1.807, 2.05) is 5.31 Å². The van der Waals surface area contributed by atoms with Gasteiger partial charge in [0, 0.05) is 8.99 Å². The van der Waals surface area contributed by atoms with Gasteiger partial charge < -0.3 is 0 Å². The standard InChI is InChI=1S/C23H32IP/c1-23(2)20-16-10-9-15-19(20)21(22(23)24)25(17-11-5-3-6-12-17)18-13-7-4-8-14-18/h9-10,15-18H,3-8,11-14H2,1-2H3. The fraction of sp³-hybridized carbons (Fsp3) is 0.652. The van der Waals surface area contributed by atoms with Crippen molar-refractivity contribution >= 4 is 35.8 Å². The van der Waals surface area contributed by atoms with Crippen LogP contribution in [-0.2, 0) is 5.41 Å². The third-order valence-electron chi connectivity index (χ3n) is 6.81. The number of halogens is 1. The van der Waals surface area contributed by atoms with E-state index in [0.29, 0.717) is 0 Å². The molecule has 0 atom stereocenters. The Hall–Kier alpha value is 0.120. The van der Waals surface area contributed by atoms with Gasteiger partial charge in [0.2, 0.25) is 0 Å². The summed E-state index contributed by atoms with van der Waals surface area (Å²) >= 11 is 2.74. The molecule has 0 nitrogen and oxygen atoms in total. The van der Waals surface area contributed by atoms with Gasteiger partial charge in [0.1, 0.15) is 0 Å². The fourth-order valence-electron chi connectivity index (χ4n) is 5.40. The first-order valence-corrected chi connectivity index (χ1v) is 12.9. The first-order valence-electron chi connectivity index (χ1n) is 10.4. The Kier molecular flexibility index (Phi) is 5.64. The van der Waals surface area contributed by atoms with Crippen molar-refractivity contribution in [3.8, 4) is 0 Å². The van der Waals surface area contributed by atoms with E-state index in [0.717, 1.165) is 11.3 Å². The summed E-state index contributed by atoms with van der Waals surface area (Å²) < 4.78 is 1.67. The Morgan fingerprint density at radius 2 is 1.36 bits per heavy atom. The van der Waals surface area contributed by atoms with Gasteiger partial charge in [-0.2, -0.15) is 0 Å². The topological polar surface area (TPSA) is 0 Å². The zero-order valence-corrected chi connectivity index (χ0v) is 18.9. The summed E-state index contributed by atoms with van der Waals surface area (Å²) in [6, 6.07) is 9.37. The van der Waals surface area contributed by atoms with Crippen LogP contribution in [0.25, 0.3) is 5.31 Å².